The first kappa shape index (κ1) is 21.0. The van der Waals surface area contributed by atoms with Crippen LogP contribution in [-0.2, 0) is 10.9 Å². The summed E-state index contributed by atoms with van der Waals surface area (Å²) < 4.78 is 58.8. The molecule has 0 radical (unpaired) electrons. The van der Waals surface area contributed by atoms with E-state index in [9.17, 15) is 22.4 Å². The number of hydrogen-bond acceptors (Lipinski definition) is 4. The van der Waals surface area contributed by atoms with Crippen LogP contribution < -0.4 is 10.2 Å². The van der Waals surface area contributed by atoms with Gasteiger partial charge in [-0.1, -0.05) is 0 Å². The van der Waals surface area contributed by atoms with E-state index < -0.39 is 23.5 Å². The van der Waals surface area contributed by atoms with Gasteiger partial charge >= 0.3 is 6.18 Å². The number of carbonyl (C=O) groups excluding carboxylic acids is 1. The van der Waals surface area contributed by atoms with Gasteiger partial charge in [-0.2, -0.15) is 13.2 Å². The topological polar surface area (TPSA) is 54.5 Å². The zero-order chi connectivity index (χ0) is 22.2. The van der Waals surface area contributed by atoms with Crippen LogP contribution in [0.2, 0.25) is 0 Å². The quantitative estimate of drug-likeness (QED) is 0.604. The monoisotopic (exact) mass is 433 g/mol. The first-order valence-corrected chi connectivity index (χ1v) is 9.64. The summed E-state index contributed by atoms with van der Waals surface area (Å²) in [6.07, 6.45) is -4.56. The van der Waals surface area contributed by atoms with Gasteiger partial charge < -0.3 is 15.0 Å². The third-order valence-electron chi connectivity index (χ3n) is 5.07. The van der Waals surface area contributed by atoms with E-state index in [1.165, 1.54) is 30.3 Å². The van der Waals surface area contributed by atoms with Crippen LogP contribution in [0.15, 0.2) is 42.5 Å². The van der Waals surface area contributed by atoms with Gasteiger partial charge in [0, 0.05) is 30.2 Å². The van der Waals surface area contributed by atoms with Gasteiger partial charge in [0.05, 0.1) is 41.2 Å². The van der Waals surface area contributed by atoms with Crippen molar-refractivity contribution in [1.82, 2.24) is 4.98 Å². The summed E-state index contributed by atoms with van der Waals surface area (Å²) in [5.41, 5.74) is 0.644. The number of alkyl halides is 3. The number of anilines is 2. The predicted octanol–water partition coefficient (Wildman–Crippen LogP) is 4.79. The number of hydrogen-bond donors (Lipinski definition) is 1. The number of amides is 1. The second kappa shape index (κ2) is 8.14. The molecule has 1 amide bonds. The minimum Gasteiger partial charge on any atom is -0.378 e. The summed E-state index contributed by atoms with van der Waals surface area (Å²) in [7, 11) is 0. The van der Waals surface area contributed by atoms with Crippen LogP contribution in [0, 0.1) is 12.7 Å². The highest BCUT2D eigenvalue weighted by Gasteiger charge is 2.32. The van der Waals surface area contributed by atoms with Crippen molar-refractivity contribution in [2.75, 3.05) is 36.5 Å². The van der Waals surface area contributed by atoms with E-state index in [1.807, 2.05) is 4.90 Å². The first-order valence-electron chi connectivity index (χ1n) is 9.64. The molecule has 2 heterocycles. The largest absolute Gasteiger partial charge is 0.416 e. The Bertz CT molecular complexity index is 1140. The maximum Gasteiger partial charge on any atom is 0.416 e. The van der Waals surface area contributed by atoms with Gasteiger partial charge in [-0.3, -0.25) is 9.78 Å². The highest BCUT2D eigenvalue weighted by Crippen LogP contribution is 2.36. The normalized spacial score (nSPS) is 14.7. The lowest BCUT2D eigenvalue weighted by atomic mass is 10.1. The minimum absolute atomic E-state index is 0.0476. The van der Waals surface area contributed by atoms with E-state index in [1.54, 1.807) is 6.92 Å². The van der Waals surface area contributed by atoms with Crippen LogP contribution in [-0.4, -0.2) is 37.2 Å². The predicted molar refractivity (Wildman–Crippen MR) is 109 cm³/mol. The molecule has 5 nitrogen and oxygen atoms in total. The van der Waals surface area contributed by atoms with E-state index in [2.05, 4.69) is 10.3 Å². The Morgan fingerprint density at radius 3 is 2.55 bits per heavy atom. The molecule has 0 spiro atoms. The van der Waals surface area contributed by atoms with Gasteiger partial charge in [0.2, 0.25) is 0 Å². The summed E-state index contributed by atoms with van der Waals surface area (Å²) >= 11 is 0. The summed E-state index contributed by atoms with van der Waals surface area (Å²) in [5.74, 6) is -1.10. The molecule has 1 N–H and O–H groups in total. The van der Waals surface area contributed by atoms with Crippen molar-refractivity contribution < 1.29 is 27.1 Å². The van der Waals surface area contributed by atoms with Crippen molar-refractivity contribution in [2.24, 2.45) is 0 Å². The highest BCUT2D eigenvalue weighted by atomic mass is 19.4. The molecule has 2 aromatic carbocycles. The number of morpholine rings is 1. The van der Waals surface area contributed by atoms with Gasteiger partial charge in [-0.05, 0) is 43.3 Å². The standard InChI is InChI=1S/C22H19F4N3O2/c1-13-10-17(16-4-3-15(23)12-18(16)27-13)21(30)28-19-11-14(22(24,25)26)2-5-20(19)29-6-8-31-9-7-29/h2-5,10-12H,6-9H2,1H3,(H,28,30). The second-order valence-corrected chi connectivity index (χ2v) is 7.26. The number of aromatic nitrogens is 1. The van der Waals surface area contributed by atoms with Gasteiger partial charge in [0.1, 0.15) is 5.82 Å². The molecule has 1 saturated heterocycles. The lowest BCUT2D eigenvalue weighted by Crippen LogP contribution is -2.36. The average molecular weight is 433 g/mol. The molecule has 0 aliphatic carbocycles. The van der Waals surface area contributed by atoms with E-state index >= 15 is 0 Å². The summed E-state index contributed by atoms with van der Waals surface area (Å²) in [6, 6.07) is 8.66. The number of ether oxygens (including phenoxy) is 1. The first-order chi connectivity index (χ1) is 14.7. The van der Waals surface area contributed by atoms with Crippen molar-refractivity contribution in [2.45, 2.75) is 13.1 Å². The van der Waals surface area contributed by atoms with Crippen molar-refractivity contribution in [3.05, 3.63) is 65.1 Å². The Morgan fingerprint density at radius 1 is 1.10 bits per heavy atom. The lowest BCUT2D eigenvalue weighted by Gasteiger charge is -2.31. The van der Waals surface area contributed by atoms with Crippen LogP contribution in [0.3, 0.4) is 0 Å². The maximum absolute atomic E-state index is 13.6. The van der Waals surface area contributed by atoms with E-state index in [-0.39, 0.29) is 11.3 Å². The van der Waals surface area contributed by atoms with Crippen LogP contribution in [0.5, 0.6) is 0 Å². The summed E-state index contributed by atoms with van der Waals surface area (Å²) in [5, 5.41) is 3.03. The fraction of sp³-hybridized carbons (Fsp3) is 0.273. The SMILES string of the molecule is Cc1cc(C(=O)Nc2cc(C(F)(F)F)ccc2N2CCOCC2)c2ccc(F)cc2n1. The van der Waals surface area contributed by atoms with Crippen LogP contribution in [0.25, 0.3) is 10.9 Å². The van der Waals surface area contributed by atoms with Crippen LogP contribution >= 0.6 is 0 Å². The highest BCUT2D eigenvalue weighted by molar-refractivity contribution is 6.13. The lowest BCUT2D eigenvalue weighted by molar-refractivity contribution is -0.137. The van der Waals surface area contributed by atoms with Gasteiger partial charge in [-0.25, -0.2) is 4.39 Å². The minimum atomic E-state index is -4.56. The maximum atomic E-state index is 13.6. The Balaban J connectivity index is 1.75. The molecule has 3 aromatic rings. The number of pyridine rings is 1. The fourth-order valence-electron chi connectivity index (χ4n) is 3.60. The summed E-state index contributed by atoms with van der Waals surface area (Å²) in [6.45, 7) is 3.52. The number of fused-ring (bicyclic) bond motifs is 1. The Kier molecular flexibility index (Phi) is 5.53. The number of halogens is 4. The molecule has 1 fully saturated rings. The third-order valence-corrected chi connectivity index (χ3v) is 5.07. The van der Waals surface area contributed by atoms with Gasteiger partial charge in [-0.15, -0.1) is 0 Å². The molecule has 0 bridgehead atoms. The van der Waals surface area contributed by atoms with Gasteiger partial charge in [0.25, 0.3) is 5.91 Å². The number of aryl methyl sites for hydroxylation is 1. The Hall–Kier alpha value is -3.20. The molecular weight excluding hydrogens is 414 g/mol. The molecular formula is C22H19F4N3O2. The molecule has 31 heavy (non-hydrogen) atoms. The van der Waals surface area contributed by atoms with Crippen molar-refractivity contribution in [3.63, 3.8) is 0 Å². The zero-order valence-electron chi connectivity index (χ0n) is 16.6. The summed E-state index contributed by atoms with van der Waals surface area (Å²) in [4.78, 5) is 19.2. The second-order valence-electron chi connectivity index (χ2n) is 7.26. The van der Waals surface area contributed by atoms with E-state index in [4.69, 9.17) is 4.74 Å². The van der Waals surface area contributed by atoms with Crippen LogP contribution in [0.1, 0.15) is 21.6 Å². The molecule has 1 aromatic heterocycles. The molecule has 0 atom stereocenters. The Labute approximate surface area is 175 Å². The average Bonchev–Trinajstić information content (AvgIpc) is 2.72. The molecule has 1 aliphatic heterocycles. The Morgan fingerprint density at radius 2 is 1.84 bits per heavy atom. The number of rotatable bonds is 3. The molecule has 1 aliphatic rings. The van der Waals surface area contributed by atoms with E-state index in [0.29, 0.717) is 48.6 Å². The fourth-order valence-corrected chi connectivity index (χ4v) is 3.60. The molecule has 0 saturated carbocycles. The van der Waals surface area contributed by atoms with Crippen molar-refractivity contribution in [1.29, 1.82) is 0 Å². The smallest absolute Gasteiger partial charge is 0.378 e. The molecule has 162 valence electrons. The van der Waals surface area contributed by atoms with Crippen molar-refractivity contribution in [3.8, 4) is 0 Å². The molecule has 9 heteroatoms. The zero-order valence-corrected chi connectivity index (χ0v) is 16.6. The van der Waals surface area contributed by atoms with Gasteiger partial charge in [0.15, 0.2) is 0 Å². The number of carbonyl (C=O) groups is 1. The number of benzene rings is 2. The van der Waals surface area contributed by atoms with Crippen molar-refractivity contribution >= 4 is 28.2 Å². The van der Waals surface area contributed by atoms with E-state index in [0.717, 1.165) is 12.1 Å². The third kappa shape index (κ3) is 4.46. The molecule has 0 unspecified atom stereocenters. The van der Waals surface area contributed by atoms with Crippen LogP contribution in [0.4, 0.5) is 28.9 Å². The number of nitrogens with one attached hydrogen (secondary N) is 1. The number of nitrogens with zero attached hydrogens (tertiary/aromatic N) is 2. The molecule has 4 rings (SSSR count).